The Morgan fingerprint density at radius 3 is 2.75 bits per heavy atom. The second-order valence-electron chi connectivity index (χ2n) is 2.95. The lowest BCUT2D eigenvalue weighted by atomic mass is 10.2. The lowest BCUT2D eigenvalue weighted by Crippen LogP contribution is -2.12. The molecule has 0 amide bonds. The van der Waals surface area contributed by atoms with Crippen molar-refractivity contribution in [1.29, 1.82) is 0 Å². The van der Waals surface area contributed by atoms with Crippen molar-refractivity contribution >= 4 is 11.8 Å². The van der Waals surface area contributed by atoms with Gasteiger partial charge < -0.3 is 10.5 Å². The SMILES string of the molecule is CCOC(=O)/C=C/N=C(N)c1ccccc1. The number of rotatable bonds is 4. The lowest BCUT2D eigenvalue weighted by Gasteiger charge is -1.97. The van der Waals surface area contributed by atoms with E-state index in [-0.39, 0.29) is 0 Å². The fourth-order valence-electron chi connectivity index (χ4n) is 1.05. The van der Waals surface area contributed by atoms with Gasteiger partial charge >= 0.3 is 5.97 Å². The van der Waals surface area contributed by atoms with Gasteiger partial charge in [0.2, 0.25) is 0 Å². The number of nitrogens with two attached hydrogens (primary N) is 1. The summed E-state index contributed by atoms with van der Waals surface area (Å²) < 4.78 is 4.69. The van der Waals surface area contributed by atoms with Crippen LogP contribution in [0.1, 0.15) is 12.5 Å². The summed E-state index contributed by atoms with van der Waals surface area (Å²) >= 11 is 0. The quantitative estimate of drug-likeness (QED) is 0.360. The Morgan fingerprint density at radius 1 is 1.44 bits per heavy atom. The lowest BCUT2D eigenvalue weighted by molar-refractivity contribution is -0.137. The van der Waals surface area contributed by atoms with Crippen molar-refractivity contribution in [3.63, 3.8) is 0 Å². The van der Waals surface area contributed by atoms with Gasteiger partial charge in [-0.2, -0.15) is 0 Å². The Kier molecular flexibility index (Phi) is 4.79. The van der Waals surface area contributed by atoms with E-state index in [9.17, 15) is 4.79 Å². The summed E-state index contributed by atoms with van der Waals surface area (Å²) in [5, 5.41) is 0. The highest BCUT2D eigenvalue weighted by molar-refractivity contribution is 5.98. The van der Waals surface area contributed by atoms with Gasteiger partial charge in [-0.1, -0.05) is 30.3 Å². The zero-order chi connectivity index (χ0) is 11.8. The van der Waals surface area contributed by atoms with Crippen molar-refractivity contribution < 1.29 is 9.53 Å². The monoisotopic (exact) mass is 218 g/mol. The van der Waals surface area contributed by atoms with E-state index in [1.54, 1.807) is 6.92 Å². The van der Waals surface area contributed by atoms with Crippen LogP contribution in [0.2, 0.25) is 0 Å². The van der Waals surface area contributed by atoms with Crippen molar-refractivity contribution in [2.75, 3.05) is 6.61 Å². The topological polar surface area (TPSA) is 64.7 Å². The molecule has 1 rings (SSSR count). The van der Waals surface area contributed by atoms with Gasteiger partial charge in [0.1, 0.15) is 5.84 Å². The van der Waals surface area contributed by atoms with Crippen LogP contribution in [-0.4, -0.2) is 18.4 Å². The Balaban J connectivity index is 2.61. The van der Waals surface area contributed by atoms with E-state index in [2.05, 4.69) is 4.99 Å². The minimum absolute atomic E-state index is 0.348. The van der Waals surface area contributed by atoms with Gasteiger partial charge in [-0.15, -0.1) is 0 Å². The Labute approximate surface area is 94.4 Å². The molecule has 0 aromatic heterocycles. The Morgan fingerprint density at radius 2 is 2.12 bits per heavy atom. The van der Waals surface area contributed by atoms with Gasteiger partial charge in [-0.05, 0) is 6.92 Å². The molecule has 4 nitrogen and oxygen atoms in total. The Hall–Kier alpha value is -2.10. The molecule has 0 saturated heterocycles. The van der Waals surface area contributed by atoms with Crippen LogP contribution < -0.4 is 5.73 Å². The van der Waals surface area contributed by atoms with E-state index in [1.165, 1.54) is 12.3 Å². The summed E-state index contributed by atoms with van der Waals surface area (Å²) in [6, 6.07) is 9.32. The first-order chi connectivity index (χ1) is 7.74. The molecule has 4 heteroatoms. The summed E-state index contributed by atoms with van der Waals surface area (Å²) in [5.74, 6) is -0.0618. The first-order valence-electron chi connectivity index (χ1n) is 4.96. The molecule has 0 radical (unpaired) electrons. The number of amidine groups is 1. The van der Waals surface area contributed by atoms with Crippen LogP contribution in [0.15, 0.2) is 47.6 Å². The van der Waals surface area contributed by atoms with Gasteiger partial charge in [-0.3, -0.25) is 0 Å². The normalized spacial score (nSPS) is 11.7. The molecule has 0 aliphatic heterocycles. The van der Waals surface area contributed by atoms with Crippen LogP contribution in [0.3, 0.4) is 0 Å². The number of hydrogen-bond donors (Lipinski definition) is 1. The largest absolute Gasteiger partial charge is 0.463 e. The molecule has 0 fully saturated rings. The van der Waals surface area contributed by atoms with E-state index in [0.717, 1.165) is 5.56 Å². The van der Waals surface area contributed by atoms with E-state index in [1.807, 2.05) is 30.3 Å². The molecule has 0 atom stereocenters. The molecule has 0 bridgehead atoms. The van der Waals surface area contributed by atoms with Crippen molar-refractivity contribution in [3.05, 3.63) is 48.2 Å². The predicted octanol–water partition coefficient (Wildman–Crippen LogP) is 1.47. The minimum atomic E-state index is -0.424. The second kappa shape index (κ2) is 6.40. The molecule has 2 N–H and O–H groups in total. The number of nitrogens with zero attached hydrogens (tertiary/aromatic N) is 1. The van der Waals surface area contributed by atoms with E-state index in [0.29, 0.717) is 12.4 Å². The summed E-state index contributed by atoms with van der Waals surface area (Å²) in [5.41, 5.74) is 6.52. The van der Waals surface area contributed by atoms with E-state index in [4.69, 9.17) is 10.5 Å². The highest BCUT2D eigenvalue weighted by atomic mass is 16.5. The third-order valence-electron chi connectivity index (χ3n) is 1.78. The molecular formula is C12H14N2O2. The summed E-state index contributed by atoms with van der Waals surface area (Å²) in [6.45, 7) is 2.09. The first-order valence-corrected chi connectivity index (χ1v) is 4.96. The zero-order valence-corrected chi connectivity index (χ0v) is 9.09. The molecule has 0 aliphatic rings. The second-order valence-corrected chi connectivity index (χ2v) is 2.95. The molecule has 84 valence electrons. The smallest absolute Gasteiger partial charge is 0.332 e. The maximum absolute atomic E-state index is 10.9. The maximum Gasteiger partial charge on any atom is 0.332 e. The zero-order valence-electron chi connectivity index (χ0n) is 9.09. The van der Waals surface area contributed by atoms with Crippen LogP contribution >= 0.6 is 0 Å². The standard InChI is InChI=1S/C12H14N2O2/c1-2-16-11(15)8-9-14-12(13)10-6-4-3-5-7-10/h3-9H,2H2,1H3,(H2,13,14)/b9-8+. The summed E-state index contributed by atoms with van der Waals surface area (Å²) in [6.07, 6.45) is 2.57. The number of carbonyl (C=O) groups is 1. The minimum Gasteiger partial charge on any atom is -0.463 e. The number of benzene rings is 1. The van der Waals surface area contributed by atoms with Crippen molar-refractivity contribution in [2.45, 2.75) is 6.92 Å². The molecule has 16 heavy (non-hydrogen) atoms. The van der Waals surface area contributed by atoms with Gasteiger partial charge in [-0.25, -0.2) is 9.79 Å². The first kappa shape index (κ1) is 12.0. The highest BCUT2D eigenvalue weighted by Gasteiger charge is 1.95. The summed E-state index contributed by atoms with van der Waals surface area (Å²) in [4.78, 5) is 14.9. The molecule has 0 spiro atoms. The third kappa shape index (κ3) is 3.96. The summed E-state index contributed by atoms with van der Waals surface area (Å²) in [7, 11) is 0. The van der Waals surface area contributed by atoms with Crippen LogP contribution in [0.5, 0.6) is 0 Å². The van der Waals surface area contributed by atoms with E-state index >= 15 is 0 Å². The number of hydrogen-bond acceptors (Lipinski definition) is 3. The molecule has 0 saturated carbocycles. The number of aliphatic imine (C=N–C) groups is 1. The van der Waals surface area contributed by atoms with Crippen molar-refractivity contribution in [1.82, 2.24) is 0 Å². The number of ether oxygens (including phenoxy) is 1. The fraction of sp³-hybridized carbons (Fsp3) is 0.167. The van der Waals surface area contributed by atoms with Gasteiger partial charge in [0, 0.05) is 17.8 Å². The fourth-order valence-corrected chi connectivity index (χ4v) is 1.05. The van der Waals surface area contributed by atoms with Crippen LogP contribution in [0, 0.1) is 0 Å². The number of esters is 1. The van der Waals surface area contributed by atoms with Crippen LogP contribution in [0.25, 0.3) is 0 Å². The molecule has 0 aliphatic carbocycles. The Bertz CT molecular complexity index is 397. The van der Waals surface area contributed by atoms with E-state index < -0.39 is 5.97 Å². The van der Waals surface area contributed by atoms with Crippen LogP contribution in [0.4, 0.5) is 0 Å². The van der Waals surface area contributed by atoms with Gasteiger partial charge in [0.05, 0.1) is 6.61 Å². The van der Waals surface area contributed by atoms with Crippen molar-refractivity contribution in [2.24, 2.45) is 10.7 Å². The third-order valence-corrected chi connectivity index (χ3v) is 1.78. The van der Waals surface area contributed by atoms with Crippen LogP contribution in [-0.2, 0) is 9.53 Å². The molecule has 0 heterocycles. The van der Waals surface area contributed by atoms with Gasteiger partial charge in [0.15, 0.2) is 0 Å². The molecule has 0 unspecified atom stereocenters. The predicted molar refractivity (Wildman–Crippen MR) is 62.9 cm³/mol. The highest BCUT2D eigenvalue weighted by Crippen LogP contribution is 1.97. The molecule has 1 aromatic rings. The van der Waals surface area contributed by atoms with Gasteiger partial charge in [0.25, 0.3) is 0 Å². The van der Waals surface area contributed by atoms with Crippen molar-refractivity contribution in [3.8, 4) is 0 Å². The maximum atomic E-state index is 10.9. The average molecular weight is 218 g/mol. The average Bonchev–Trinajstić information content (AvgIpc) is 2.30. The molecule has 1 aromatic carbocycles. The molecular weight excluding hydrogens is 204 g/mol. The number of carbonyl (C=O) groups excluding carboxylic acids is 1.